The van der Waals surface area contributed by atoms with Gasteiger partial charge in [0.05, 0.1) is 24.3 Å². The van der Waals surface area contributed by atoms with Gasteiger partial charge in [0, 0.05) is 18.1 Å². The smallest absolute Gasteiger partial charge is 0.331 e. The fourth-order valence-electron chi connectivity index (χ4n) is 4.76. The number of benzene rings is 1. The van der Waals surface area contributed by atoms with Gasteiger partial charge in [0.1, 0.15) is 21.5 Å². The molecule has 0 spiro atoms. The lowest BCUT2D eigenvalue weighted by atomic mass is 9.77. The molecular weight excluding hydrogens is 458 g/mol. The van der Waals surface area contributed by atoms with E-state index in [0.717, 1.165) is 19.3 Å². The Morgan fingerprint density at radius 2 is 1.88 bits per heavy atom. The Balaban J connectivity index is 1.41. The molecule has 1 aromatic heterocycles. The zero-order chi connectivity index (χ0) is 22.5. The largest absolute Gasteiger partial charge is 0.394 e. The Kier molecular flexibility index (Phi) is 5.62. The van der Waals surface area contributed by atoms with E-state index in [1.807, 2.05) is 29.2 Å². The molecular formula is C22H25ClF2N4O2S. The van der Waals surface area contributed by atoms with Crippen LogP contribution in [0.3, 0.4) is 0 Å². The van der Waals surface area contributed by atoms with Crippen molar-refractivity contribution in [2.75, 3.05) is 29.9 Å². The van der Waals surface area contributed by atoms with Crippen LogP contribution in [0, 0.1) is 0 Å². The van der Waals surface area contributed by atoms with Gasteiger partial charge in [0.25, 0.3) is 0 Å². The third-order valence-electron chi connectivity index (χ3n) is 6.87. The summed E-state index contributed by atoms with van der Waals surface area (Å²) in [5.74, 6) is 0.942. The number of aromatic nitrogens is 2. The van der Waals surface area contributed by atoms with Crippen molar-refractivity contribution < 1.29 is 18.1 Å². The number of nitrogens with zero attached hydrogens (tertiary/aromatic N) is 3. The minimum absolute atomic E-state index is 0.0190. The van der Waals surface area contributed by atoms with Gasteiger partial charge in [0.15, 0.2) is 0 Å². The number of piperidine rings is 1. The Morgan fingerprint density at radius 1 is 1.19 bits per heavy atom. The first-order valence-electron chi connectivity index (χ1n) is 10.9. The molecule has 10 heteroatoms. The number of halogens is 3. The molecule has 0 unspecified atom stereocenters. The molecule has 1 aromatic carbocycles. The van der Waals surface area contributed by atoms with Crippen molar-refractivity contribution in [2.45, 2.75) is 60.1 Å². The molecule has 2 N–H and O–H groups in total. The average Bonchev–Trinajstić information content (AvgIpc) is 2.99. The van der Waals surface area contributed by atoms with E-state index in [2.05, 4.69) is 15.3 Å². The number of hydrogen-bond donors (Lipinski definition) is 2. The van der Waals surface area contributed by atoms with Crippen LogP contribution in [0.4, 0.5) is 20.5 Å². The summed E-state index contributed by atoms with van der Waals surface area (Å²) >= 11 is 5.99. The highest BCUT2D eigenvalue weighted by atomic mass is 35.5. The van der Waals surface area contributed by atoms with E-state index in [1.165, 1.54) is 5.56 Å². The fourth-order valence-corrected chi connectivity index (χ4v) is 6.06. The van der Waals surface area contributed by atoms with Crippen LogP contribution in [-0.2, 0) is 17.2 Å². The second-order valence-electron chi connectivity index (χ2n) is 8.96. The van der Waals surface area contributed by atoms with Crippen molar-refractivity contribution >= 4 is 34.2 Å². The SMILES string of the molecule is O=[S@]1c2c(nc(N3CCC(c4ccc(Cl)cc4)CC3)nc2NC2(CO)CCC2)CC1(F)F. The molecule has 0 bridgehead atoms. The summed E-state index contributed by atoms with van der Waals surface area (Å²) in [6.07, 6.45) is 3.47. The van der Waals surface area contributed by atoms with Crippen LogP contribution in [0.2, 0.25) is 5.02 Å². The maximum Gasteiger partial charge on any atom is 0.331 e. The lowest BCUT2D eigenvalue weighted by molar-refractivity contribution is 0.104. The summed E-state index contributed by atoms with van der Waals surface area (Å²) in [5, 5.41) is 10.3. The zero-order valence-electron chi connectivity index (χ0n) is 17.5. The van der Waals surface area contributed by atoms with Crippen LogP contribution < -0.4 is 10.2 Å². The van der Waals surface area contributed by atoms with Crippen molar-refractivity contribution in [3.8, 4) is 0 Å². The van der Waals surface area contributed by atoms with E-state index in [4.69, 9.17) is 11.6 Å². The van der Waals surface area contributed by atoms with Crippen LogP contribution in [0.5, 0.6) is 0 Å². The second kappa shape index (κ2) is 8.18. The molecule has 2 aliphatic heterocycles. The Bertz CT molecular complexity index is 1040. The number of fused-ring (bicyclic) bond motifs is 1. The zero-order valence-corrected chi connectivity index (χ0v) is 19.1. The van der Waals surface area contributed by atoms with E-state index in [0.29, 0.717) is 42.8 Å². The van der Waals surface area contributed by atoms with Gasteiger partial charge in [-0.2, -0.15) is 13.8 Å². The molecule has 6 nitrogen and oxygen atoms in total. The molecule has 3 aliphatic rings. The predicted molar refractivity (Wildman–Crippen MR) is 120 cm³/mol. The summed E-state index contributed by atoms with van der Waals surface area (Å²) in [5.41, 5.74) is 0.771. The first-order valence-corrected chi connectivity index (χ1v) is 12.4. The van der Waals surface area contributed by atoms with Gasteiger partial charge in [-0.15, -0.1) is 0 Å². The lowest BCUT2D eigenvalue weighted by Crippen LogP contribution is -2.49. The van der Waals surface area contributed by atoms with Gasteiger partial charge in [-0.3, -0.25) is 0 Å². The predicted octanol–water partition coefficient (Wildman–Crippen LogP) is 4.10. The first-order chi connectivity index (χ1) is 15.3. The van der Waals surface area contributed by atoms with Crippen LogP contribution in [-0.4, -0.2) is 49.8 Å². The van der Waals surface area contributed by atoms with Gasteiger partial charge < -0.3 is 15.3 Å². The standard InChI is InChI=1S/C22H25ClF2N4O2S/c23-16-4-2-14(3-5-16)15-6-10-29(11-7-15)20-26-17-12-22(24,25)32(31)18(17)19(27-20)28-21(13-30)8-1-9-21/h2-5,15,30H,1,6-13H2,(H,26,27,28)/t32-/m0/s1. The van der Waals surface area contributed by atoms with Crippen molar-refractivity contribution in [1.29, 1.82) is 0 Å². The topological polar surface area (TPSA) is 78.4 Å². The van der Waals surface area contributed by atoms with Crippen molar-refractivity contribution in [2.24, 2.45) is 0 Å². The van der Waals surface area contributed by atoms with Crippen molar-refractivity contribution in [3.05, 3.63) is 40.5 Å². The summed E-state index contributed by atoms with van der Waals surface area (Å²) in [4.78, 5) is 11.0. The molecule has 5 rings (SSSR count). The fraction of sp³-hybridized carbons (Fsp3) is 0.545. The maximum absolute atomic E-state index is 14.3. The normalized spacial score (nSPS) is 24.1. The minimum Gasteiger partial charge on any atom is -0.394 e. The summed E-state index contributed by atoms with van der Waals surface area (Å²) < 4.78 is 41.1. The van der Waals surface area contributed by atoms with Gasteiger partial charge in [-0.25, -0.2) is 9.19 Å². The molecule has 0 amide bonds. The molecule has 1 saturated heterocycles. The summed E-state index contributed by atoms with van der Waals surface area (Å²) in [6, 6.07) is 7.87. The van der Waals surface area contributed by atoms with E-state index in [9.17, 15) is 18.1 Å². The number of aliphatic hydroxyl groups excluding tert-OH is 1. The van der Waals surface area contributed by atoms with Crippen LogP contribution >= 0.6 is 11.6 Å². The van der Waals surface area contributed by atoms with Gasteiger partial charge in [-0.05, 0) is 55.7 Å². The summed E-state index contributed by atoms with van der Waals surface area (Å²) in [7, 11) is -2.51. The molecule has 1 atom stereocenters. The molecule has 172 valence electrons. The van der Waals surface area contributed by atoms with Gasteiger partial charge in [-0.1, -0.05) is 23.7 Å². The Labute approximate surface area is 192 Å². The highest BCUT2D eigenvalue weighted by molar-refractivity contribution is 7.86. The molecule has 2 aromatic rings. The number of nitrogens with one attached hydrogen (secondary N) is 1. The number of hydrogen-bond acceptors (Lipinski definition) is 6. The Morgan fingerprint density at radius 3 is 2.47 bits per heavy atom. The molecule has 3 heterocycles. The van der Waals surface area contributed by atoms with Crippen LogP contribution in [0.15, 0.2) is 29.2 Å². The summed E-state index contributed by atoms with van der Waals surface area (Å²) in [6.45, 7) is 1.25. The quantitative estimate of drug-likeness (QED) is 0.668. The molecule has 0 radical (unpaired) electrons. The highest BCUT2D eigenvalue weighted by Crippen LogP contribution is 2.44. The number of anilines is 2. The molecule has 1 saturated carbocycles. The first kappa shape index (κ1) is 22.0. The lowest BCUT2D eigenvalue weighted by Gasteiger charge is -2.42. The number of alkyl halides is 2. The highest BCUT2D eigenvalue weighted by Gasteiger charge is 2.50. The number of aliphatic hydroxyl groups is 1. The van der Waals surface area contributed by atoms with Crippen molar-refractivity contribution in [1.82, 2.24) is 9.97 Å². The third-order valence-corrected chi connectivity index (χ3v) is 8.61. The maximum atomic E-state index is 14.3. The molecule has 2 fully saturated rings. The van der Waals surface area contributed by atoms with Crippen LogP contribution in [0.1, 0.15) is 49.3 Å². The average molecular weight is 483 g/mol. The van der Waals surface area contributed by atoms with Gasteiger partial charge >= 0.3 is 5.25 Å². The van der Waals surface area contributed by atoms with E-state index >= 15 is 0 Å². The molecule has 32 heavy (non-hydrogen) atoms. The van der Waals surface area contributed by atoms with Crippen LogP contribution in [0.25, 0.3) is 0 Å². The van der Waals surface area contributed by atoms with E-state index in [1.54, 1.807) is 0 Å². The second-order valence-corrected chi connectivity index (χ2v) is 10.9. The minimum atomic E-state index is -3.36. The van der Waals surface area contributed by atoms with Gasteiger partial charge in [0.2, 0.25) is 5.95 Å². The monoisotopic (exact) mass is 482 g/mol. The third kappa shape index (κ3) is 3.88. The molecule has 1 aliphatic carbocycles. The van der Waals surface area contributed by atoms with E-state index in [-0.39, 0.29) is 23.0 Å². The number of rotatable bonds is 5. The van der Waals surface area contributed by atoms with Crippen molar-refractivity contribution in [3.63, 3.8) is 0 Å². The van der Waals surface area contributed by atoms with E-state index < -0.39 is 28.0 Å². The Hall–Kier alpha value is -1.84.